The van der Waals surface area contributed by atoms with E-state index in [4.69, 9.17) is 9.47 Å². The van der Waals surface area contributed by atoms with Gasteiger partial charge in [-0.3, -0.25) is 9.59 Å². The first-order valence-corrected chi connectivity index (χ1v) is 13.7. The van der Waals surface area contributed by atoms with Crippen LogP contribution in [0.25, 0.3) is 0 Å². The van der Waals surface area contributed by atoms with Crippen LogP contribution in [-0.4, -0.2) is 72.0 Å². The van der Waals surface area contributed by atoms with Crippen molar-refractivity contribution >= 4 is 34.4 Å². The number of halogens is 1. The quantitative estimate of drug-likeness (QED) is 0.245. The van der Waals surface area contributed by atoms with Crippen LogP contribution < -0.4 is 14.8 Å². The normalized spacial score (nSPS) is 19.1. The second-order valence-corrected chi connectivity index (χ2v) is 10.1. The third kappa shape index (κ3) is 8.05. The molecule has 2 aromatic carbocycles. The molecule has 3 atom stereocenters. The van der Waals surface area contributed by atoms with Gasteiger partial charge < -0.3 is 29.9 Å². The van der Waals surface area contributed by atoms with E-state index in [1.165, 1.54) is 6.08 Å². The second-order valence-electron chi connectivity index (χ2n) is 8.89. The molecule has 38 heavy (non-hydrogen) atoms. The van der Waals surface area contributed by atoms with E-state index in [1.807, 2.05) is 49.4 Å². The highest BCUT2D eigenvalue weighted by atomic mass is 127. The van der Waals surface area contributed by atoms with Crippen molar-refractivity contribution in [3.05, 3.63) is 81.5 Å². The van der Waals surface area contributed by atoms with E-state index in [0.29, 0.717) is 30.7 Å². The summed E-state index contributed by atoms with van der Waals surface area (Å²) >= 11 is 2.15. The molecule has 2 amide bonds. The Morgan fingerprint density at radius 1 is 1.21 bits per heavy atom. The third-order valence-electron chi connectivity index (χ3n) is 6.27. The topological polar surface area (TPSA) is 108 Å². The van der Waals surface area contributed by atoms with Gasteiger partial charge in [-0.1, -0.05) is 37.3 Å². The van der Waals surface area contributed by atoms with Crippen molar-refractivity contribution in [3.63, 3.8) is 0 Å². The molecule has 3 unspecified atom stereocenters. The molecule has 3 N–H and O–H groups in total. The van der Waals surface area contributed by atoms with E-state index in [9.17, 15) is 19.8 Å². The van der Waals surface area contributed by atoms with Crippen LogP contribution in [0.2, 0.25) is 0 Å². The number of allylic oxidation sites excluding steroid dienone is 1. The highest BCUT2D eigenvalue weighted by molar-refractivity contribution is 14.1. The molecular formula is C29H35IN2O6. The second kappa shape index (κ2) is 14.9. The molecular weight excluding hydrogens is 599 g/mol. The number of aliphatic hydroxyl groups is 2. The van der Waals surface area contributed by atoms with E-state index in [-0.39, 0.29) is 31.4 Å². The predicted molar refractivity (Wildman–Crippen MR) is 154 cm³/mol. The number of hydrogen-bond donors (Lipinski definition) is 3. The molecule has 8 nitrogen and oxygen atoms in total. The first kappa shape index (κ1) is 29.7. The van der Waals surface area contributed by atoms with E-state index in [1.54, 1.807) is 30.2 Å². The van der Waals surface area contributed by atoms with Gasteiger partial charge in [-0.25, -0.2) is 0 Å². The van der Waals surface area contributed by atoms with Crippen molar-refractivity contribution in [2.75, 3.05) is 26.8 Å². The summed E-state index contributed by atoms with van der Waals surface area (Å²) in [7, 11) is 1.60. The standard InChI is InChI=1S/C29H35IN2O6/c1-3-4-12-27(34)32(15-13-20-8-7-9-22(17-20)37-2)24-18-21(29(36)31-14-16-33)19-26(28(24)35)38-25-11-6-5-10-23(25)30/h4-12,17,19,24,26,28,33,35H,3,13-16,18H2,1-2H3,(H,31,36). The lowest BCUT2D eigenvalue weighted by Crippen LogP contribution is -2.55. The Morgan fingerprint density at radius 3 is 2.71 bits per heavy atom. The van der Waals surface area contributed by atoms with Gasteiger partial charge >= 0.3 is 0 Å². The number of nitrogens with zero attached hydrogens (tertiary/aromatic N) is 1. The molecule has 1 aliphatic rings. The van der Waals surface area contributed by atoms with E-state index in [0.717, 1.165) is 14.9 Å². The lowest BCUT2D eigenvalue weighted by molar-refractivity contribution is -0.133. The molecule has 0 saturated carbocycles. The predicted octanol–water partition coefficient (Wildman–Crippen LogP) is 3.25. The van der Waals surface area contributed by atoms with Gasteiger partial charge in [0.05, 0.1) is 23.3 Å². The molecule has 1 aliphatic carbocycles. The van der Waals surface area contributed by atoms with Crippen molar-refractivity contribution in [2.24, 2.45) is 0 Å². The third-order valence-corrected chi connectivity index (χ3v) is 7.16. The SMILES string of the molecule is CCC=CC(=O)N(CCc1cccc(OC)c1)C1CC(C(=O)NCCO)=CC(Oc2ccccc2I)C1O. The van der Waals surface area contributed by atoms with Crippen LogP contribution in [0.3, 0.4) is 0 Å². The van der Waals surface area contributed by atoms with Gasteiger partial charge in [0.15, 0.2) is 0 Å². The van der Waals surface area contributed by atoms with Crippen molar-refractivity contribution < 1.29 is 29.3 Å². The highest BCUT2D eigenvalue weighted by Gasteiger charge is 2.40. The summed E-state index contributed by atoms with van der Waals surface area (Å²) in [5.74, 6) is 0.686. The number of amides is 2. The number of methoxy groups -OCH3 is 1. The molecule has 9 heteroatoms. The molecule has 0 radical (unpaired) electrons. The van der Waals surface area contributed by atoms with E-state index in [2.05, 4.69) is 27.9 Å². The minimum Gasteiger partial charge on any atom is -0.497 e. The van der Waals surface area contributed by atoms with E-state index < -0.39 is 18.2 Å². The lowest BCUT2D eigenvalue weighted by Gasteiger charge is -2.40. The number of aliphatic hydroxyl groups excluding tert-OH is 2. The summed E-state index contributed by atoms with van der Waals surface area (Å²) in [5, 5.41) is 23.4. The number of benzene rings is 2. The zero-order chi connectivity index (χ0) is 27.5. The fourth-order valence-electron chi connectivity index (χ4n) is 4.30. The maximum atomic E-state index is 13.4. The zero-order valence-electron chi connectivity index (χ0n) is 21.7. The zero-order valence-corrected chi connectivity index (χ0v) is 23.8. The van der Waals surface area contributed by atoms with E-state index >= 15 is 0 Å². The minimum atomic E-state index is -1.08. The summed E-state index contributed by atoms with van der Waals surface area (Å²) in [5.41, 5.74) is 1.37. The van der Waals surface area contributed by atoms with Crippen molar-refractivity contribution in [1.29, 1.82) is 0 Å². The molecule has 3 rings (SSSR count). The average Bonchev–Trinajstić information content (AvgIpc) is 2.93. The Balaban J connectivity index is 1.94. The molecule has 0 bridgehead atoms. The monoisotopic (exact) mass is 634 g/mol. The van der Waals surface area contributed by atoms with Gasteiger partial charge in [-0.05, 0) is 77.4 Å². The minimum absolute atomic E-state index is 0.100. The summed E-state index contributed by atoms with van der Waals surface area (Å²) in [4.78, 5) is 27.9. The number of carbonyl (C=O) groups excluding carboxylic acids is 2. The Bertz CT molecular complexity index is 1150. The molecule has 0 spiro atoms. The van der Waals surface area contributed by atoms with Gasteiger partial charge in [0.25, 0.3) is 0 Å². The molecule has 2 aromatic rings. The Labute approximate surface area is 237 Å². The smallest absolute Gasteiger partial charge is 0.247 e. The molecule has 0 heterocycles. The Morgan fingerprint density at radius 2 is 2.00 bits per heavy atom. The number of ether oxygens (including phenoxy) is 2. The van der Waals surface area contributed by atoms with Crippen LogP contribution in [-0.2, 0) is 16.0 Å². The van der Waals surface area contributed by atoms with Crippen molar-refractivity contribution in [1.82, 2.24) is 10.2 Å². The molecule has 0 saturated heterocycles. The van der Waals surface area contributed by atoms with Crippen LogP contribution in [0.15, 0.2) is 72.3 Å². The summed E-state index contributed by atoms with van der Waals surface area (Å²) in [6.45, 7) is 2.17. The fraction of sp³-hybridized carbons (Fsp3) is 0.379. The number of nitrogens with one attached hydrogen (secondary N) is 1. The number of hydrogen-bond acceptors (Lipinski definition) is 6. The van der Waals surface area contributed by atoms with Gasteiger partial charge in [0, 0.05) is 25.1 Å². The summed E-state index contributed by atoms with van der Waals surface area (Å²) in [6.07, 6.45) is 4.34. The number of rotatable bonds is 12. The average molecular weight is 635 g/mol. The van der Waals surface area contributed by atoms with Crippen LogP contribution in [0.1, 0.15) is 25.3 Å². The van der Waals surface area contributed by atoms with Crippen LogP contribution in [0, 0.1) is 3.57 Å². The molecule has 0 aliphatic heterocycles. The Hall–Kier alpha value is -2.89. The van der Waals surface area contributed by atoms with Gasteiger partial charge in [0.1, 0.15) is 23.7 Å². The fourth-order valence-corrected chi connectivity index (χ4v) is 4.81. The van der Waals surface area contributed by atoms with Gasteiger partial charge in [-0.2, -0.15) is 0 Å². The molecule has 0 fully saturated rings. The van der Waals surface area contributed by atoms with Gasteiger partial charge in [0.2, 0.25) is 11.8 Å². The van der Waals surface area contributed by atoms with Crippen molar-refractivity contribution in [2.45, 2.75) is 44.4 Å². The van der Waals surface area contributed by atoms with Gasteiger partial charge in [-0.15, -0.1) is 0 Å². The first-order valence-electron chi connectivity index (χ1n) is 12.7. The highest BCUT2D eigenvalue weighted by Crippen LogP contribution is 2.30. The Kier molecular flexibility index (Phi) is 11.6. The molecule has 0 aromatic heterocycles. The summed E-state index contributed by atoms with van der Waals surface area (Å²) in [6, 6.07) is 14.3. The lowest BCUT2D eigenvalue weighted by atomic mass is 9.87. The van der Waals surface area contributed by atoms with Crippen LogP contribution in [0.5, 0.6) is 11.5 Å². The summed E-state index contributed by atoms with van der Waals surface area (Å²) < 4.78 is 12.4. The number of para-hydroxylation sites is 1. The largest absolute Gasteiger partial charge is 0.497 e. The number of carbonyl (C=O) groups is 2. The molecule has 204 valence electrons. The first-order chi connectivity index (χ1) is 18.4. The van der Waals surface area contributed by atoms with Crippen molar-refractivity contribution in [3.8, 4) is 11.5 Å². The van der Waals surface area contributed by atoms with Crippen LogP contribution >= 0.6 is 22.6 Å². The van der Waals surface area contributed by atoms with Crippen LogP contribution in [0.4, 0.5) is 0 Å². The maximum absolute atomic E-state index is 13.4. The maximum Gasteiger partial charge on any atom is 0.247 e.